The van der Waals surface area contributed by atoms with Gasteiger partial charge in [-0.05, 0) is 42.0 Å². The van der Waals surface area contributed by atoms with E-state index in [1.807, 2.05) is 0 Å². The van der Waals surface area contributed by atoms with Crippen LogP contribution in [0.2, 0.25) is 0 Å². The molecule has 0 saturated heterocycles. The maximum atomic E-state index is 13.5. The van der Waals surface area contributed by atoms with Crippen LogP contribution < -0.4 is 10.6 Å². The van der Waals surface area contributed by atoms with E-state index in [1.165, 1.54) is 44.5 Å². The first kappa shape index (κ1) is 19.0. The summed E-state index contributed by atoms with van der Waals surface area (Å²) in [4.78, 5) is 35.8. The summed E-state index contributed by atoms with van der Waals surface area (Å²) >= 11 is 0. The van der Waals surface area contributed by atoms with Crippen LogP contribution in [-0.2, 0) is 9.53 Å². The molecule has 1 atom stereocenters. The number of esters is 1. The van der Waals surface area contributed by atoms with Gasteiger partial charge in [0.05, 0.1) is 12.7 Å². The Hall–Kier alpha value is -3.29. The van der Waals surface area contributed by atoms with Gasteiger partial charge in [0.15, 0.2) is 11.6 Å². The summed E-state index contributed by atoms with van der Waals surface area (Å²) in [5, 5.41) is 4.81. The highest BCUT2D eigenvalue weighted by Crippen LogP contribution is 2.18. The fourth-order valence-electron chi connectivity index (χ4n) is 2.23. The van der Waals surface area contributed by atoms with Crippen molar-refractivity contribution in [2.75, 3.05) is 14.2 Å². The van der Waals surface area contributed by atoms with Gasteiger partial charge in [0, 0.05) is 12.6 Å². The standard InChI is InChI=1S/C18H16F2N2O4/c1-21-17(24)15(12-7-8-13(19)14(20)9-12)22-16(23)10-3-5-11(6-4-10)18(25)26-2/h3-9,15H,1-2H3,(H,21,24)(H,22,23). The Kier molecular flexibility index (Phi) is 6.00. The number of halogens is 2. The highest BCUT2D eigenvalue weighted by atomic mass is 19.2. The maximum absolute atomic E-state index is 13.5. The molecule has 0 fully saturated rings. The molecule has 6 nitrogen and oxygen atoms in total. The summed E-state index contributed by atoms with van der Waals surface area (Å²) in [7, 11) is 2.59. The van der Waals surface area contributed by atoms with E-state index in [0.717, 1.165) is 12.1 Å². The number of nitrogens with one attached hydrogen (secondary N) is 2. The average molecular weight is 362 g/mol. The number of carbonyl (C=O) groups is 3. The molecular formula is C18H16F2N2O4. The van der Waals surface area contributed by atoms with Crippen LogP contribution in [0.25, 0.3) is 0 Å². The lowest BCUT2D eigenvalue weighted by atomic mass is 10.0. The lowest BCUT2D eigenvalue weighted by Crippen LogP contribution is -2.39. The van der Waals surface area contributed by atoms with Crippen molar-refractivity contribution < 1.29 is 27.9 Å². The highest BCUT2D eigenvalue weighted by Gasteiger charge is 2.23. The number of ether oxygens (including phenoxy) is 1. The first-order valence-corrected chi connectivity index (χ1v) is 7.53. The molecule has 8 heteroatoms. The minimum atomic E-state index is -1.22. The summed E-state index contributed by atoms with van der Waals surface area (Å²) in [6.45, 7) is 0. The molecule has 2 rings (SSSR count). The van der Waals surface area contributed by atoms with Crippen molar-refractivity contribution in [3.63, 3.8) is 0 Å². The summed E-state index contributed by atoms with van der Waals surface area (Å²) < 4.78 is 31.1. The fraction of sp³-hybridized carbons (Fsp3) is 0.167. The topological polar surface area (TPSA) is 84.5 Å². The second kappa shape index (κ2) is 8.19. The summed E-state index contributed by atoms with van der Waals surface area (Å²) in [6.07, 6.45) is 0. The van der Waals surface area contributed by atoms with Crippen LogP contribution in [0.15, 0.2) is 42.5 Å². The molecule has 0 bridgehead atoms. The molecule has 1 unspecified atom stereocenters. The van der Waals surface area contributed by atoms with Crippen LogP contribution in [0.1, 0.15) is 32.3 Å². The van der Waals surface area contributed by atoms with Crippen LogP contribution in [0.5, 0.6) is 0 Å². The van der Waals surface area contributed by atoms with Gasteiger partial charge in [0.1, 0.15) is 6.04 Å². The van der Waals surface area contributed by atoms with E-state index < -0.39 is 35.5 Å². The molecule has 0 aliphatic heterocycles. The van der Waals surface area contributed by atoms with Gasteiger partial charge >= 0.3 is 5.97 Å². The first-order chi connectivity index (χ1) is 12.4. The van der Waals surface area contributed by atoms with E-state index in [9.17, 15) is 23.2 Å². The zero-order chi connectivity index (χ0) is 19.3. The van der Waals surface area contributed by atoms with Gasteiger partial charge in [-0.2, -0.15) is 0 Å². The quantitative estimate of drug-likeness (QED) is 0.797. The molecule has 0 radical (unpaired) electrons. The summed E-state index contributed by atoms with van der Waals surface area (Å²) in [5.74, 6) is -3.97. The molecule has 0 spiro atoms. The smallest absolute Gasteiger partial charge is 0.337 e. The van der Waals surface area contributed by atoms with Crippen LogP contribution >= 0.6 is 0 Å². The number of carbonyl (C=O) groups excluding carboxylic acids is 3. The SMILES string of the molecule is CNC(=O)C(NC(=O)c1ccc(C(=O)OC)cc1)c1ccc(F)c(F)c1. The van der Waals surface area contributed by atoms with E-state index >= 15 is 0 Å². The Bertz CT molecular complexity index is 838. The van der Waals surface area contributed by atoms with Gasteiger partial charge in [0.25, 0.3) is 5.91 Å². The van der Waals surface area contributed by atoms with E-state index in [1.54, 1.807) is 0 Å². The second-order valence-corrected chi connectivity index (χ2v) is 5.26. The average Bonchev–Trinajstić information content (AvgIpc) is 2.67. The molecule has 2 aromatic rings. The van der Waals surface area contributed by atoms with Crippen molar-refractivity contribution in [3.8, 4) is 0 Å². The molecule has 0 aliphatic rings. The number of amides is 2. The summed E-state index contributed by atoms with van der Waals surface area (Å²) in [6, 6.07) is 7.26. The van der Waals surface area contributed by atoms with Crippen LogP contribution in [0, 0.1) is 11.6 Å². The van der Waals surface area contributed by atoms with Gasteiger partial charge < -0.3 is 15.4 Å². The minimum absolute atomic E-state index is 0.0859. The fourth-order valence-corrected chi connectivity index (χ4v) is 2.23. The van der Waals surface area contributed by atoms with Crippen molar-refractivity contribution in [3.05, 3.63) is 70.8 Å². The highest BCUT2D eigenvalue weighted by molar-refractivity contribution is 5.99. The minimum Gasteiger partial charge on any atom is -0.465 e. The molecule has 0 heterocycles. The van der Waals surface area contributed by atoms with Crippen molar-refractivity contribution in [1.29, 1.82) is 0 Å². The Labute approximate surface area is 148 Å². The Balaban J connectivity index is 2.25. The van der Waals surface area contributed by atoms with E-state index in [-0.39, 0.29) is 16.7 Å². The van der Waals surface area contributed by atoms with E-state index in [0.29, 0.717) is 0 Å². The largest absolute Gasteiger partial charge is 0.465 e. The normalized spacial score (nSPS) is 11.4. The number of likely N-dealkylation sites (N-methyl/N-ethyl adjacent to an activating group) is 1. The molecule has 2 aromatic carbocycles. The number of hydrogen-bond acceptors (Lipinski definition) is 4. The molecular weight excluding hydrogens is 346 g/mol. The first-order valence-electron chi connectivity index (χ1n) is 7.53. The van der Waals surface area contributed by atoms with Crippen molar-refractivity contribution in [1.82, 2.24) is 10.6 Å². The zero-order valence-corrected chi connectivity index (χ0v) is 14.0. The molecule has 136 valence electrons. The molecule has 0 aromatic heterocycles. The van der Waals surface area contributed by atoms with Crippen molar-refractivity contribution in [2.45, 2.75) is 6.04 Å². The predicted octanol–water partition coefficient (Wildman–Crippen LogP) is 1.97. The molecule has 2 amide bonds. The third-order valence-electron chi connectivity index (χ3n) is 3.63. The van der Waals surface area contributed by atoms with Gasteiger partial charge in [-0.25, -0.2) is 13.6 Å². The number of hydrogen-bond donors (Lipinski definition) is 2. The zero-order valence-electron chi connectivity index (χ0n) is 14.0. The maximum Gasteiger partial charge on any atom is 0.337 e. The van der Waals surface area contributed by atoms with Crippen molar-refractivity contribution >= 4 is 17.8 Å². The third kappa shape index (κ3) is 4.21. The molecule has 0 aliphatic carbocycles. The number of methoxy groups -OCH3 is 1. The van der Waals surface area contributed by atoms with Gasteiger partial charge in [0.2, 0.25) is 5.91 Å². The molecule has 0 saturated carbocycles. The predicted molar refractivity (Wildman–Crippen MR) is 88.4 cm³/mol. The van der Waals surface area contributed by atoms with Crippen LogP contribution in [-0.4, -0.2) is 31.9 Å². The van der Waals surface area contributed by atoms with Crippen LogP contribution in [0.3, 0.4) is 0 Å². The molecule has 2 N–H and O–H groups in total. The Morgan fingerprint density at radius 1 is 0.962 bits per heavy atom. The lowest BCUT2D eigenvalue weighted by molar-refractivity contribution is -0.122. The Morgan fingerprint density at radius 2 is 1.58 bits per heavy atom. The monoisotopic (exact) mass is 362 g/mol. The van der Waals surface area contributed by atoms with Crippen LogP contribution in [0.4, 0.5) is 8.78 Å². The van der Waals surface area contributed by atoms with E-state index in [2.05, 4.69) is 15.4 Å². The van der Waals surface area contributed by atoms with Gasteiger partial charge in [-0.15, -0.1) is 0 Å². The molecule has 26 heavy (non-hydrogen) atoms. The number of benzene rings is 2. The Morgan fingerprint density at radius 3 is 2.12 bits per heavy atom. The second-order valence-electron chi connectivity index (χ2n) is 5.26. The van der Waals surface area contributed by atoms with Crippen molar-refractivity contribution in [2.24, 2.45) is 0 Å². The van der Waals surface area contributed by atoms with Gasteiger partial charge in [-0.1, -0.05) is 6.07 Å². The summed E-state index contributed by atoms with van der Waals surface area (Å²) in [5.41, 5.74) is 0.518. The third-order valence-corrected chi connectivity index (χ3v) is 3.63. The lowest BCUT2D eigenvalue weighted by Gasteiger charge is -2.18. The van der Waals surface area contributed by atoms with Gasteiger partial charge in [-0.3, -0.25) is 9.59 Å². The van der Waals surface area contributed by atoms with E-state index in [4.69, 9.17) is 0 Å². The number of rotatable bonds is 5.